The molecule has 0 radical (unpaired) electrons. The fourth-order valence-corrected chi connectivity index (χ4v) is 7.02. The second-order valence-corrected chi connectivity index (χ2v) is 12.8. The number of pyridine rings is 1. The molecule has 1 saturated carbocycles. The van der Waals surface area contributed by atoms with Gasteiger partial charge in [-0.15, -0.1) is 0 Å². The predicted octanol–water partition coefficient (Wildman–Crippen LogP) is 5.30. The number of aromatic nitrogens is 3. The molecule has 2 aromatic rings. The Labute approximate surface area is 261 Å². The molecule has 2 aromatic heterocycles. The average molecular weight is 631 g/mol. The summed E-state index contributed by atoms with van der Waals surface area (Å²) in [5.41, 5.74) is 0.696. The zero-order valence-electron chi connectivity index (χ0n) is 25.0. The van der Waals surface area contributed by atoms with Crippen molar-refractivity contribution in [2.24, 2.45) is 5.41 Å². The van der Waals surface area contributed by atoms with Crippen LogP contribution >= 0.6 is 11.6 Å². The fraction of sp³-hybridized carbons (Fsp3) is 0.613. The molecule has 9 nitrogen and oxygen atoms in total. The normalized spacial score (nSPS) is 21.9. The molecule has 44 heavy (non-hydrogen) atoms. The largest absolute Gasteiger partial charge is 0.463 e. The van der Waals surface area contributed by atoms with Crippen LogP contribution in [0.4, 0.5) is 24.7 Å². The van der Waals surface area contributed by atoms with Crippen molar-refractivity contribution in [2.45, 2.75) is 64.2 Å². The van der Waals surface area contributed by atoms with E-state index < -0.39 is 16.8 Å². The van der Waals surface area contributed by atoms with Crippen molar-refractivity contribution in [3.63, 3.8) is 0 Å². The summed E-state index contributed by atoms with van der Waals surface area (Å²) in [6.45, 7) is 8.20. The number of nitrogens with zero attached hydrogens (tertiary/aromatic N) is 8. The summed E-state index contributed by atoms with van der Waals surface area (Å²) >= 11 is 6.01. The number of anilines is 2. The second kappa shape index (κ2) is 12.6. The van der Waals surface area contributed by atoms with Crippen molar-refractivity contribution in [3.05, 3.63) is 46.5 Å². The van der Waals surface area contributed by atoms with Crippen LogP contribution in [0.15, 0.2) is 24.7 Å². The summed E-state index contributed by atoms with van der Waals surface area (Å²) in [5, 5.41) is 9.09. The summed E-state index contributed by atoms with van der Waals surface area (Å²) < 4.78 is 48.5. The fourth-order valence-electron chi connectivity index (χ4n) is 6.76. The highest BCUT2D eigenvalue weighted by Crippen LogP contribution is 2.47. The van der Waals surface area contributed by atoms with E-state index in [1.54, 1.807) is 4.90 Å². The van der Waals surface area contributed by atoms with Crippen LogP contribution in [0.1, 0.15) is 55.8 Å². The first kappa shape index (κ1) is 30.7. The second-order valence-electron chi connectivity index (χ2n) is 12.4. The molecule has 4 aliphatic rings. The van der Waals surface area contributed by atoms with Gasteiger partial charge in [0.05, 0.1) is 54.3 Å². The van der Waals surface area contributed by atoms with Crippen LogP contribution in [0.2, 0.25) is 5.02 Å². The Morgan fingerprint density at radius 1 is 1.11 bits per heavy atom. The van der Waals surface area contributed by atoms with Crippen molar-refractivity contribution in [1.29, 1.82) is 5.26 Å². The lowest BCUT2D eigenvalue weighted by molar-refractivity contribution is -0.137. The Balaban J connectivity index is 1.30. The maximum absolute atomic E-state index is 14.1. The number of hydrogen-bond donors (Lipinski definition) is 0. The molecular weight excluding hydrogens is 593 g/mol. The van der Waals surface area contributed by atoms with Crippen LogP contribution in [0, 0.1) is 16.7 Å². The number of likely N-dealkylation sites (tertiary alicyclic amines) is 1. The minimum Gasteiger partial charge on any atom is -0.463 e. The number of nitriles is 1. The SMILES string of the molecule is CC=CN1CCN(c2nc(OCC3(CN4CCCC4)CC3)nc3c2CCN(c2cncc(Cl)c2C(F)(F)F)C3)CC1CC#N. The standard InChI is InChI=1S/C31H38ClF3N8O/c1-2-10-41-14-15-43(18-22(41)5-9-36)28-23-6-13-42(26-17-37-16-24(32)27(26)31(33,34)35)19-25(23)38-29(39-28)44-21-30(7-8-30)20-40-11-3-4-12-40/h2,10,16-17,22H,3-8,11-15,18-21H2,1H3. The molecule has 5 heterocycles. The molecule has 0 bridgehead atoms. The first-order valence-electron chi connectivity index (χ1n) is 15.4. The monoisotopic (exact) mass is 630 g/mol. The summed E-state index contributed by atoms with van der Waals surface area (Å²) in [6.07, 6.45) is 7.10. The minimum atomic E-state index is -4.63. The Morgan fingerprint density at radius 3 is 2.61 bits per heavy atom. The number of rotatable bonds is 9. The summed E-state index contributed by atoms with van der Waals surface area (Å²) in [4.78, 5) is 22.2. The van der Waals surface area contributed by atoms with Gasteiger partial charge in [0.15, 0.2) is 0 Å². The number of hydrogen-bond acceptors (Lipinski definition) is 9. The zero-order valence-corrected chi connectivity index (χ0v) is 25.7. The van der Waals surface area contributed by atoms with Gasteiger partial charge in [-0.25, -0.2) is 0 Å². The first-order chi connectivity index (χ1) is 21.2. The van der Waals surface area contributed by atoms with Crippen LogP contribution in [-0.2, 0) is 19.1 Å². The van der Waals surface area contributed by atoms with Crippen LogP contribution in [-0.4, -0.2) is 83.2 Å². The molecule has 2 saturated heterocycles. The lowest BCUT2D eigenvalue weighted by Crippen LogP contribution is -2.51. The van der Waals surface area contributed by atoms with Crippen LogP contribution < -0.4 is 14.5 Å². The van der Waals surface area contributed by atoms with Crippen molar-refractivity contribution in [3.8, 4) is 12.1 Å². The quantitative estimate of drug-likeness (QED) is 0.367. The highest BCUT2D eigenvalue weighted by atomic mass is 35.5. The Bertz CT molecular complexity index is 1420. The Kier molecular flexibility index (Phi) is 8.79. The van der Waals surface area contributed by atoms with Crippen molar-refractivity contribution >= 4 is 23.1 Å². The molecule has 0 spiro atoms. The van der Waals surface area contributed by atoms with Crippen molar-refractivity contribution < 1.29 is 17.9 Å². The van der Waals surface area contributed by atoms with Gasteiger partial charge in [0.1, 0.15) is 11.4 Å². The zero-order chi connectivity index (χ0) is 30.9. The van der Waals surface area contributed by atoms with Crippen molar-refractivity contribution in [1.82, 2.24) is 24.8 Å². The summed E-state index contributed by atoms with van der Waals surface area (Å²) in [7, 11) is 0. The molecule has 236 valence electrons. The van der Waals surface area contributed by atoms with Gasteiger partial charge in [-0.1, -0.05) is 17.7 Å². The highest BCUT2D eigenvalue weighted by molar-refractivity contribution is 6.31. The molecule has 3 fully saturated rings. The van der Waals surface area contributed by atoms with Gasteiger partial charge in [-0.2, -0.15) is 28.4 Å². The van der Waals surface area contributed by atoms with E-state index in [-0.39, 0.29) is 29.7 Å². The lowest BCUT2D eigenvalue weighted by Gasteiger charge is -2.42. The third-order valence-corrected chi connectivity index (χ3v) is 9.53. The van der Waals surface area contributed by atoms with Gasteiger partial charge in [-0.05, 0) is 58.3 Å². The van der Waals surface area contributed by atoms with E-state index in [4.69, 9.17) is 26.3 Å². The molecule has 0 N–H and O–H groups in total. The van der Waals surface area contributed by atoms with Gasteiger partial charge in [0.2, 0.25) is 0 Å². The Hall–Kier alpha value is -3.30. The molecule has 13 heteroatoms. The number of fused-ring (bicyclic) bond motifs is 1. The average Bonchev–Trinajstić information content (AvgIpc) is 3.57. The first-order valence-corrected chi connectivity index (χ1v) is 15.8. The molecule has 3 aliphatic heterocycles. The van der Waals surface area contributed by atoms with Gasteiger partial charge >= 0.3 is 12.2 Å². The molecule has 1 aliphatic carbocycles. The van der Waals surface area contributed by atoms with E-state index in [0.29, 0.717) is 44.8 Å². The van der Waals surface area contributed by atoms with E-state index in [2.05, 4.69) is 25.8 Å². The molecular formula is C31H38ClF3N8O. The summed E-state index contributed by atoms with van der Waals surface area (Å²) in [5.74, 6) is 0.748. The van der Waals surface area contributed by atoms with Crippen molar-refractivity contribution in [2.75, 3.05) is 62.2 Å². The van der Waals surface area contributed by atoms with Crippen LogP contribution in [0.5, 0.6) is 6.01 Å². The van der Waals surface area contributed by atoms with Crippen LogP contribution in [0.25, 0.3) is 0 Å². The predicted molar refractivity (Wildman–Crippen MR) is 162 cm³/mol. The maximum atomic E-state index is 14.1. The highest BCUT2D eigenvalue weighted by Gasteiger charge is 2.45. The third kappa shape index (κ3) is 6.54. The van der Waals surface area contributed by atoms with E-state index >= 15 is 0 Å². The molecule has 1 unspecified atom stereocenters. The molecule has 1 atom stereocenters. The third-order valence-electron chi connectivity index (χ3n) is 9.24. The molecule has 0 aromatic carbocycles. The maximum Gasteiger partial charge on any atom is 0.419 e. The van der Waals surface area contributed by atoms with Gasteiger partial charge in [-0.3, -0.25) is 4.98 Å². The van der Waals surface area contributed by atoms with E-state index in [9.17, 15) is 18.4 Å². The summed E-state index contributed by atoms with van der Waals surface area (Å²) in [6, 6.07) is 2.55. The van der Waals surface area contributed by atoms with E-state index in [1.807, 2.05) is 19.2 Å². The topological polar surface area (TPSA) is 84.7 Å². The number of piperazine rings is 1. The number of allylic oxidation sites excluding steroid dienone is 1. The van der Waals surface area contributed by atoms with Gasteiger partial charge < -0.3 is 24.3 Å². The molecule has 6 rings (SSSR count). The van der Waals surface area contributed by atoms with E-state index in [1.165, 1.54) is 19.0 Å². The van der Waals surface area contributed by atoms with Gasteiger partial charge in [0, 0.05) is 49.9 Å². The number of halogens is 4. The molecule has 0 amide bonds. The minimum absolute atomic E-state index is 0.0119. The smallest absolute Gasteiger partial charge is 0.419 e. The lowest BCUT2D eigenvalue weighted by atomic mass is 10.0. The number of ether oxygens (including phenoxy) is 1. The Morgan fingerprint density at radius 2 is 1.91 bits per heavy atom. The number of alkyl halides is 3. The van der Waals surface area contributed by atoms with Crippen LogP contribution in [0.3, 0.4) is 0 Å². The van der Waals surface area contributed by atoms with Gasteiger partial charge in [0.25, 0.3) is 0 Å². The van der Waals surface area contributed by atoms with E-state index in [0.717, 1.165) is 56.6 Å².